The smallest absolute Gasteiger partial charge is 0.246 e. The molecule has 68 valence electrons. The van der Waals surface area contributed by atoms with Crippen LogP contribution in [-0.2, 0) is 4.79 Å². The Morgan fingerprint density at radius 3 is 2.25 bits per heavy atom. The van der Waals surface area contributed by atoms with Crippen LogP contribution >= 0.6 is 0 Å². The van der Waals surface area contributed by atoms with Crippen molar-refractivity contribution in [3.05, 3.63) is 12.2 Å². The molecule has 0 bridgehead atoms. The number of amides is 1. The molecule has 1 fully saturated rings. The van der Waals surface area contributed by atoms with Crippen molar-refractivity contribution in [1.82, 2.24) is 4.90 Å². The molecule has 1 saturated heterocycles. The molecule has 0 aliphatic carbocycles. The first-order chi connectivity index (χ1) is 5.84. The minimum Gasteiger partial charge on any atom is -0.339 e. The van der Waals surface area contributed by atoms with Crippen LogP contribution in [0.15, 0.2) is 12.2 Å². The summed E-state index contributed by atoms with van der Waals surface area (Å²) in [5, 5.41) is 0. The first-order valence-corrected chi connectivity index (χ1v) is 4.76. The van der Waals surface area contributed by atoms with Crippen molar-refractivity contribution in [3.63, 3.8) is 0 Å². The lowest BCUT2D eigenvalue weighted by Gasteiger charge is -2.17. The highest BCUT2D eigenvalue weighted by Gasteiger charge is 2.11. The van der Waals surface area contributed by atoms with Gasteiger partial charge in [-0.15, -0.1) is 0 Å². The van der Waals surface area contributed by atoms with E-state index in [9.17, 15) is 4.79 Å². The van der Waals surface area contributed by atoms with Crippen molar-refractivity contribution in [1.29, 1.82) is 0 Å². The van der Waals surface area contributed by atoms with Crippen LogP contribution in [0.5, 0.6) is 0 Å². The maximum absolute atomic E-state index is 11.4. The van der Waals surface area contributed by atoms with Gasteiger partial charge in [-0.2, -0.15) is 0 Å². The number of likely N-dealkylation sites (tertiary alicyclic amines) is 1. The van der Waals surface area contributed by atoms with Crippen molar-refractivity contribution in [2.45, 2.75) is 32.6 Å². The predicted octanol–water partition coefficient (Wildman–Crippen LogP) is 1.97. The summed E-state index contributed by atoms with van der Waals surface area (Å²) in [5.41, 5.74) is 0. The van der Waals surface area contributed by atoms with Crippen molar-refractivity contribution in [2.75, 3.05) is 13.1 Å². The van der Waals surface area contributed by atoms with E-state index in [2.05, 4.69) is 0 Å². The second-order valence-corrected chi connectivity index (χ2v) is 3.24. The molecular weight excluding hydrogens is 150 g/mol. The highest BCUT2D eigenvalue weighted by molar-refractivity contribution is 5.87. The Labute approximate surface area is 74.2 Å². The van der Waals surface area contributed by atoms with E-state index in [1.807, 2.05) is 17.9 Å². The molecule has 1 heterocycles. The van der Waals surface area contributed by atoms with Crippen LogP contribution < -0.4 is 0 Å². The minimum absolute atomic E-state index is 0.180. The zero-order valence-electron chi connectivity index (χ0n) is 7.75. The van der Waals surface area contributed by atoms with Crippen LogP contribution in [-0.4, -0.2) is 23.9 Å². The Bertz CT molecular complexity index is 167. The fourth-order valence-electron chi connectivity index (χ4n) is 1.54. The van der Waals surface area contributed by atoms with E-state index in [0.29, 0.717) is 0 Å². The maximum atomic E-state index is 11.4. The molecule has 2 heteroatoms. The van der Waals surface area contributed by atoms with Crippen LogP contribution in [0.1, 0.15) is 32.6 Å². The number of carbonyl (C=O) groups excluding carboxylic acids is 1. The zero-order chi connectivity index (χ0) is 8.81. The number of hydrogen-bond donors (Lipinski definition) is 0. The van der Waals surface area contributed by atoms with Gasteiger partial charge in [0.15, 0.2) is 0 Å². The lowest BCUT2D eigenvalue weighted by molar-refractivity contribution is -0.125. The fraction of sp³-hybridized carbons (Fsp3) is 0.700. The summed E-state index contributed by atoms with van der Waals surface area (Å²) >= 11 is 0. The Hall–Kier alpha value is -0.790. The minimum atomic E-state index is 0.180. The van der Waals surface area contributed by atoms with Crippen LogP contribution in [0, 0.1) is 0 Å². The van der Waals surface area contributed by atoms with Gasteiger partial charge in [0.2, 0.25) is 5.91 Å². The van der Waals surface area contributed by atoms with Gasteiger partial charge >= 0.3 is 0 Å². The summed E-state index contributed by atoms with van der Waals surface area (Å²) in [6.07, 6.45) is 8.37. The number of nitrogens with zero attached hydrogens (tertiary/aromatic N) is 1. The van der Waals surface area contributed by atoms with Crippen molar-refractivity contribution in [3.8, 4) is 0 Å². The van der Waals surface area contributed by atoms with Gasteiger partial charge in [-0.1, -0.05) is 18.9 Å². The van der Waals surface area contributed by atoms with Crippen LogP contribution in [0.2, 0.25) is 0 Å². The molecule has 12 heavy (non-hydrogen) atoms. The van der Waals surface area contributed by atoms with Crippen LogP contribution in [0.25, 0.3) is 0 Å². The van der Waals surface area contributed by atoms with E-state index >= 15 is 0 Å². The summed E-state index contributed by atoms with van der Waals surface area (Å²) in [4.78, 5) is 13.3. The van der Waals surface area contributed by atoms with E-state index in [1.165, 1.54) is 25.7 Å². The van der Waals surface area contributed by atoms with E-state index in [-0.39, 0.29) is 5.91 Å². The molecule has 0 aromatic carbocycles. The molecule has 1 aliphatic rings. The summed E-state index contributed by atoms with van der Waals surface area (Å²) in [6.45, 7) is 3.78. The standard InChI is InChI=1S/C10H17NO/c1-2-7-10(12)11-8-5-3-4-6-9-11/h2,7H,3-6,8-9H2,1H3. The van der Waals surface area contributed by atoms with Gasteiger partial charge in [-0.05, 0) is 25.8 Å². The van der Waals surface area contributed by atoms with Gasteiger partial charge in [-0.3, -0.25) is 4.79 Å². The first kappa shape index (κ1) is 9.30. The Morgan fingerprint density at radius 1 is 1.17 bits per heavy atom. The van der Waals surface area contributed by atoms with Gasteiger partial charge in [0, 0.05) is 13.1 Å². The van der Waals surface area contributed by atoms with Crippen LogP contribution in [0.3, 0.4) is 0 Å². The number of carbonyl (C=O) groups is 1. The lowest BCUT2D eigenvalue weighted by atomic mass is 10.2. The van der Waals surface area contributed by atoms with E-state index in [1.54, 1.807) is 6.08 Å². The highest BCUT2D eigenvalue weighted by Crippen LogP contribution is 2.09. The van der Waals surface area contributed by atoms with Gasteiger partial charge in [0.05, 0.1) is 0 Å². The summed E-state index contributed by atoms with van der Waals surface area (Å²) in [5.74, 6) is 0.180. The topological polar surface area (TPSA) is 20.3 Å². The molecule has 2 nitrogen and oxygen atoms in total. The molecule has 0 N–H and O–H groups in total. The third-order valence-electron chi connectivity index (χ3n) is 2.23. The Kier molecular flexibility index (Phi) is 3.85. The average Bonchev–Trinajstić information content (AvgIpc) is 2.32. The van der Waals surface area contributed by atoms with E-state index < -0.39 is 0 Å². The second kappa shape index (κ2) is 4.96. The maximum Gasteiger partial charge on any atom is 0.246 e. The summed E-state index contributed by atoms with van der Waals surface area (Å²) in [7, 11) is 0. The highest BCUT2D eigenvalue weighted by atomic mass is 16.2. The van der Waals surface area contributed by atoms with Gasteiger partial charge in [0.1, 0.15) is 0 Å². The first-order valence-electron chi connectivity index (χ1n) is 4.76. The zero-order valence-corrected chi connectivity index (χ0v) is 7.75. The second-order valence-electron chi connectivity index (χ2n) is 3.24. The van der Waals surface area contributed by atoms with Crippen molar-refractivity contribution >= 4 is 5.91 Å². The van der Waals surface area contributed by atoms with Gasteiger partial charge in [-0.25, -0.2) is 0 Å². The number of allylic oxidation sites excluding steroid dienone is 1. The van der Waals surface area contributed by atoms with E-state index in [4.69, 9.17) is 0 Å². The fourth-order valence-corrected chi connectivity index (χ4v) is 1.54. The molecule has 0 spiro atoms. The van der Waals surface area contributed by atoms with E-state index in [0.717, 1.165) is 13.1 Å². The third-order valence-corrected chi connectivity index (χ3v) is 2.23. The molecule has 0 radical (unpaired) electrons. The average molecular weight is 167 g/mol. The molecule has 0 atom stereocenters. The number of hydrogen-bond acceptors (Lipinski definition) is 1. The largest absolute Gasteiger partial charge is 0.339 e. The van der Waals surface area contributed by atoms with Gasteiger partial charge in [0.25, 0.3) is 0 Å². The van der Waals surface area contributed by atoms with Gasteiger partial charge < -0.3 is 4.90 Å². The molecule has 0 saturated carbocycles. The Morgan fingerprint density at radius 2 is 1.75 bits per heavy atom. The SMILES string of the molecule is CC=CC(=O)N1CCCCCC1. The molecule has 0 aromatic heterocycles. The normalized spacial score (nSPS) is 19.6. The monoisotopic (exact) mass is 167 g/mol. The predicted molar refractivity (Wildman–Crippen MR) is 49.9 cm³/mol. The summed E-state index contributed by atoms with van der Waals surface area (Å²) < 4.78 is 0. The molecule has 1 rings (SSSR count). The molecule has 0 aromatic rings. The molecule has 1 aliphatic heterocycles. The number of rotatable bonds is 1. The molecule has 1 amide bonds. The summed E-state index contributed by atoms with van der Waals surface area (Å²) in [6, 6.07) is 0. The van der Waals surface area contributed by atoms with Crippen molar-refractivity contribution < 1.29 is 4.79 Å². The Balaban J connectivity index is 2.42. The molecule has 0 unspecified atom stereocenters. The quantitative estimate of drug-likeness (QED) is 0.547. The lowest BCUT2D eigenvalue weighted by Crippen LogP contribution is -2.30. The third kappa shape index (κ3) is 2.68. The van der Waals surface area contributed by atoms with Crippen LogP contribution in [0.4, 0.5) is 0 Å². The molecular formula is C10H17NO. The van der Waals surface area contributed by atoms with Crippen molar-refractivity contribution in [2.24, 2.45) is 0 Å².